The smallest absolute Gasteiger partial charge is 0.104 e. The van der Waals surface area contributed by atoms with E-state index in [0.29, 0.717) is 26.2 Å². The second kappa shape index (κ2) is 18.1. The molecule has 0 rings (SSSR count). The van der Waals surface area contributed by atoms with Crippen molar-refractivity contribution in [3.8, 4) is 0 Å². The van der Waals surface area contributed by atoms with Gasteiger partial charge in [0.25, 0.3) is 0 Å². The van der Waals surface area contributed by atoms with E-state index >= 15 is 0 Å². The van der Waals surface area contributed by atoms with Crippen LogP contribution in [-0.2, 0) is 9.47 Å². The summed E-state index contributed by atoms with van der Waals surface area (Å²) in [6.45, 7) is 0.789. The van der Waals surface area contributed by atoms with E-state index in [1.165, 1.54) is 0 Å². The van der Waals surface area contributed by atoms with Gasteiger partial charge in [0.1, 0.15) is 6.10 Å². The highest BCUT2D eigenvalue weighted by Gasteiger charge is 2.03. The molecule has 17 heavy (non-hydrogen) atoms. The van der Waals surface area contributed by atoms with Crippen LogP contribution in [-0.4, -0.2) is 84.5 Å². The molecule has 0 aliphatic heterocycles. The van der Waals surface area contributed by atoms with E-state index in [4.69, 9.17) is 30.3 Å². The van der Waals surface area contributed by atoms with Gasteiger partial charge in [-0.2, -0.15) is 0 Å². The lowest BCUT2D eigenvalue weighted by Crippen LogP contribution is -2.22. The molecular weight excluding hydrogens is 232 g/mol. The lowest BCUT2D eigenvalue weighted by molar-refractivity contribution is -0.0235. The summed E-state index contributed by atoms with van der Waals surface area (Å²) in [5.74, 6) is 0. The minimum atomic E-state index is -0.494. The first-order valence-corrected chi connectivity index (χ1v) is 5.50. The Morgan fingerprint density at radius 3 is 1.59 bits per heavy atom. The molecule has 0 bridgehead atoms. The summed E-state index contributed by atoms with van der Waals surface area (Å²) >= 11 is 0. The van der Waals surface area contributed by atoms with Gasteiger partial charge in [0.2, 0.25) is 0 Å². The Morgan fingerprint density at radius 2 is 1.24 bits per heavy atom. The number of aliphatic hydroxyl groups excluding tert-OH is 5. The van der Waals surface area contributed by atoms with Crippen molar-refractivity contribution in [1.82, 2.24) is 0 Å². The molecule has 0 amide bonds. The van der Waals surface area contributed by atoms with Gasteiger partial charge in [0, 0.05) is 13.2 Å². The minimum absolute atomic E-state index is 0.0278. The zero-order valence-electron chi connectivity index (χ0n) is 9.99. The lowest BCUT2D eigenvalue weighted by Gasteiger charge is -2.10. The third kappa shape index (κ3) is 18.3. The number of ether oxygens (including phenoxy) is 2. The summed E-state index contributed by atoms with van der Waals surface area (Å²) in [4.78, 5) is 0. The van der Waals surface area contributed by atoms with Crippen LogP contribution in [0.4, 0.5) is 0 Å². The molecule has 0 radical (unpaired) electrons. The Kier molecular flexibility index (Phi) is 20.3. The second-order valence-electron chi connectivity index (χ2n) is 2.99. The van der Waals surface area contributed by atoms with E-state index in [1.807, 2.05) is 0 Å². The molecule has 0 heterocycles. The standard InChI is InChI=1S/C6H14O4.C4H10O3/c7-2-1-3-10-6(4-8)5-9;5-1-3-7-4-2-6/h6-9H,1-5H2;5-6H,1-4H2. The fourth-order valence-corrected chi connectivity index (χ4v) is 0.709. The molecule has 5 N–H and O–H groups in total. The van der Waals surface area contributed by atoms with Crippen molar-refractivity contribution < 1.29 is 35.0 Å². The largest absolute Gasteiger partial charge is 0.396 e. The second-order valence-corrected chi connectivity index (χ2v) is 2.99. The summed E-state index contributed by atoms with van der Waals surface area (Å²) in [5, 5.41) is 41.4. The highest BCUT2D eigenvalue weighted by molar-refractivity contribution is 4.51. The Labute approximate surface area is 101 Å². The molecule has 7 heteroatoms. The van der Waals surface area contributed by atoms with E-state index in [0.717, 1.165) is 0 Å². The predicted molar refractivity (Wildman–Crippen MR) is 60.6 cm³/mol. The SMILES string of the molecule is OCCCOC(CO)CO.OCCOCCO. The Morgan fingerprint density at radius 1 is 0.706 bits per heavy atom. The van der Waals surface area contributed by atoms with Crippen molar-refractivity contribution in [2.75, 3.05) is 52.9 Å². The third-order valence-corrected chi connectivity index (χ3v) is 1.53. The van der Waals surface area contributed by atoms with Crippen molar-refractivity contribution in [3.63, 3.8) is 0 Å². The van der Waals surface area contributed by atoms with E-state index in [2.05, 4.69) is 4.74 Å². The molecule has 0 aliphatic carbocycles. The number of hydrogen-bond acceptors (Lipinski definition) is 7. The quantitative estimate of drug-likeness (QED) is 0.279. The maximum Gasteiger partial charge on any atom is 0.104 e. The average Bonchev–Trinajstić information content (AvgIpc) is 2.36. The van der Waals surface area contributed by atoms with Crippen LogP contribution in [0.2, 0.25) is 0 Å². The predicted octanol–water partition coefficient (Wildman–Crippen LogP) is -2.27. The molecule has 106 valence electrons. The molecule has 0 saturated carbocycles. The monoisotopic (exact) mass is 256 g/mol. The maximum absolute atomic E-state index is 8.48. The Bertz CT molecular complexity index is 115. The third-order valence-electron chi connectivity index (χ3n) is 1.53. The summed E-state index contributed by atoms with van der Waals surface area (Å²) in [6, 6.07) is 0. The Hall–Kier alpha value is -0.280. The van der Waals surface area contributed by atoms with Gasteiger partial charge in [0.05, 0.1) is 39.6 Å². The number of rotatable bonds is 10. The maximum atomic E-state index is 8.48. The fourth-order valence-electron chi connectivity index (χ4n) is 0.709. The first-order valence-electron chi connectivity index (χ1n) is 5.50. The van der Waals surface area contributed by atoms with E-state index in [9.17, 15) is 0 Å². The molecule has 7 nitrogen and oxygen atoms in total. The van der Waals surface area contributed by atoms with Crippen LogP contribution in [0.5, 0.6) is 0 Å². The van der Waals surface area contributed by atoms with E-state index in [-0.39, 0.29) is 33.0 Å². The van der Waals surface area contributed by atoms with Gasteiger partial charge < -0.3 is 35.0 Å². The number of aliphatic hydroxyl groups is 5. The molecule has 0 fully saturated rings. The topological polar surface area (TPSA) is 120 Å². The van der Waals surface area contributed by atoms with Crippen LogP contribution in [0.1, 0.15) is 6.42 Å². The molecule has 0 atom stereocenters. The van der Waals surface area contributed by atoms with Gasteiger partial charge in [-0.15, -0.1) is 0 Å². The number of hydrogen-bond donors (Lipinski definition) is 5. The van der Waals surface area contributed by atoms with Crippen LogP contribution >= 0.6 is 0 Å². The molecule has 0 aliphatic rings. The van der Waals surface area contributed by atoms with Gasteiger partial charge in [-0.1, -0.05) is 0 Å². The van der Waals surface area contributed by atoms with Crippen molar-refractivity contribution in [1.29, 1.82) is 0 Å². The molecule has 0 aromatic rings. The van der Waals surface area contributed by atoms with Crippen molar-refractivity contribution in [2.45, 2.75) is 12.5 Å². The van der Waals surface area contributed by atoms with Gasteiger partial charge in [-0.05, 0) is 6.42 Å². The van der Waals surface area contributed by atoms with Crippen LogP contribution in [0.25, 0.3) is 0 Å². The summed E-state index contributed by atoms with van der Waals surface area (Å²) in [7, 11) is 0. The van der Waals surface area contributed by atoms with Crippen LogP contribution < -0.4 is 0 Å². The first kappa shape index (κ1) is 19.1. The lowest BCUT2D eigenvalue weighted by atomic mass is 10.4. The van der Waals surface area contributed by atoms with E-state index < -0.39 is 6.10 Å². The molecule has 0 unspecified atom stereocenters. The summed E-state index contributed by atoms with van der Waals surface area (Å²) in [6.07, 6.45) is 0.0443. The molecule has 0 spiro atoms. The van der Waals surface area contributed by atoms with E-state index in [1.54, 1.807) is 0 Å². The van der Waals surface area contributed by atoms with Crippen LogP contribution in [0, 0.1) is 0 Å². The van der Waals surface area contributed by atoms with Crippen LogP contribution in [0.15, 0.2) is 0 Å². The Balaban J connectivity index is 0. The van der Waals surface area contributed by atoms with Crippen molar-refractivity contribution in [2.24, 2.45) is 0 Å². The van der Waals surface area contributed by atoms with Gasteiger partial charge in [-0.25, -0.2) is 0 Å². The van der Waals surface area contributed by atoms with Gasteiger partial charge >= 0.3 is 0 Å². The molecular formula is C10H24O7. The average molecular weight is 256 g/mol. The molecule has 0 aromatic carbocycles. The highest BCUT2D eigenvalue weighted by atomic mass is 16.5. The van der Waals surface area contributed by atoms with Crippen molar-refractivity contribution in [3.05, 3.63) is 0 Å². The van der Waals surface area contributed by atoms with Crippen molar-refractivity contribution >= 4 is 0 Å². The van der Waals surface area contributed by atoms with Gasteiger partial charge in [0.15, 0.2) is 0 Å². The summed E-state index contributed by atoms with van der Waals surface area (Å²) in [5.41, 5.74) is 0. The summed E-state index contributed by atoms with van der Waals surface area (Å²) < 4.78 is 9.55. The minimum Gasteiger partial charge on any atom is -0.396 e. The highest BCUT2D eigenvalue weighted by Crippen LogP contribution is 1.90. The fraction of sp³-hybridized carbons (Fsp3) is 1.00. The normalized spacial score (nSPS) is 10.2. The zero-order chi connectivity index (χ0) is 13.4. The van der Waals surface area contributed by atoms with Crippen LogP contribution in [0.3, 0.4) is 0 Å². The first-order chi connectivity index (χ1) is 8.26. The molecule has 0 aromatic heterocycles. The molecule has 0 saturated heterocycles. The zero-order valence-corrected chi connectivity index (χ0v) is 9.99. The van der Waals surface area contributed by atoms with Gasteiger partial charge in [-0.3, -0.25) is 0 Å².